The SMILES string of the molecule is C=C1C[C@@H](CCC[C@@H](C[C@H](O[Si](C)(C)C)c2coc(/C=C(/C)[C@@H](C)OC)n2)OCc2ccc(OC)cc2)O[C@@H](C[C@H](O[Si](C(C)C)(C(C)C)C(C)C)[C@@H](C)C[C@H](C)CO[Si](c2ccccc2)(c2ccccc2)C(C)(C)C)C1. The van der Waals surface area contributed by atoms with Gasteiger partial charge in [-0.1, -0.05) is 161 Å². The van der Waals surface area contributed by atoms with Crippen molar-refractivity contribution in [3.05, 3.63) is 126 Å². The molecular formula is C65H103NO8Si3. The lowest BCUT2D eigenvalue weighted by Gasteiger charge is -2.47. The van der Waals surface area contributed by atoms with Crippen molar-refractivity contribution in [3.8, 4) is 5.75 Å². The van der Waals surface area contributed by atoms with E-state index in [-0.39, 0.29) is 47.6 Å². The summed E-state index contributed by atoms with van der Waals surface area (Å²) in [5.74, 6) is 1.98. The molecule has 0 saturated carbocycles. The smallest absolute Gasteiger partial charge is 0.261 e. The number of methoxy groups -OCH3 is 2. The maximum Gasteiger partial charge on any atom is 0.261 e. The van der Waals surface area contributed by atoms with Crippen LogP contribution in [0.5, 0.6) is 5.75 Å². The molecule has 428 valence electrons. The minimum Gasteiger partial charge on any atom is -0.497 e. The fraction of sp³-hybridized carbons (Fsp3) is 0.615. The Balaban J connectivity index is 1.36. The van der Waals surface area contributed by atoms with Crippen molar-refractivity contribution in [1.82, 2.24) is 4.98 Å². The van der Waals surface area contributed by atoms with Crippen LogP contribution in [-0.4, -0.2) is 81.3 Å². The Bertz CT molecular complexity index is 2310. The number of aromatic nitrogens is 1. The monoisotopic (exact) mass is 1110 g/mol. The third-order valence-corrected chi connectivity index (χ3v) is 28.4. The van der Waals surface area contributed by atoms with Crippen LogP contribution >= 0.6 is 0 Å². The predicted octanol–water partition coefficient (Wildman–Crippen LogP) is 16.5. The zero-order valence-electron chi connectivity index (χ0n) is 51.1. The standard InChI is InChI=1S/C65H103NO8Si3/c1-46(2)76(47(3)4,48(5)6)74-62(52(10)37-50(8)43-71-77(65(12,13)14,59-29-22-20-23-30-59)60-31-24-21-25-32-60)42-58-39-49(7)38-57(72-58)28-26-27-56(69-44-54-33-35-55(68-16)36-34-54)41-63(73-75(17,18)19)61-45-70-64(66-61)40-51(9)53(11)67-15/h20-25,29-36,40,45-48,50,52-53,56-58,62-63H,7,26-28,37-39,41-44H2,1-6,8-19H3/b51-40-/t50-,52-,53+,56-,57+,58+,62-,63-/m0/s1. The van der Waals surface area contributed by atoms with Gasteiger partial charge in [-0.25, -0.2) is 4.98 Å². The summed E-state index contributed by atoms with van der Waals surface area (Å²) in [7, 11) is -3.58. The Morgan fingerprint density at radius 2 is 1.36 bits per heavy atom. The highest BCUT2D eigenvalue weighted by Crippen LogP contribution is 2.46. The van der Waals surface area contributed by atoms with Gasteiger partial charge in [-0.15, -0.1) is 0 Å². The second-order valence-electron chi connectivity index (χ2n) is 25.6. The van der Waals surface area contributed by atoms with E-state index in [4.69, 9.17) is 41.6 Å². The molecule has 1 aliphatic rings. The van der Waals surface area contributed by atoms with Crippen LogP contribution in [0, 0.1) is 11.8 Å². The normalized spacial score (nSPS) is 18.7. The molecule has 0 radical (unpaired) electrons. The van der Waals surface area contributed by atoms with Crippen molar-refractivity contribution in [2.45, 2.75) is 226 Å². The molecule has 0 amide bonds. The largest absolute Gasteiger partial charge is 0.497 e. The van der Waals surface area contributed by atoms with E-state index in [1.807, 2.05) is 32.1 Å². The molecule has 1 fully saturated rings. The van der Waals surface area contributed by atoms with Crippen LogP contribution in [0.15, 0.2) is 113 Å². The van der Waals surface area contributed by atoms with Crippen molar-refractivity contribution >= 4 is 41.4 Å². The Morgan fingerprint density at radius 3 is 1.90 bits per heavy atom. The average molecular weight is 1110 g/mol. The lowest BCUT2D eigenvalue weighted by Crippen LogP contribution is -2.66. The van der Waals surface area contributed by atoms with Crippen molar-refractivity contribution < 1.29 is 36.6 Å². The van der Waals surface area contributed by atoms with Gasteiger partial charge in [0.05, 0.1) is 50.3 Å². The van der Waals surface area contributed by atoms with Crippen molar-refractivity contribution in [2.24, 2.45) is 11.8 Å². The van der Waals surface area contributed by atoms with Gasteiger partial charge < -0.3 is 36.6 Å². The summed E-state index contributed by atoms with van der Waals surface area (Å²) < 4.78 is 53.4. The fourth-order valence-electron chi connectivity index (χ4n) is 12.3. The molecule has 2 heterocycles. The van der Waals surface area contributed by atoms with Gasteiger partial charge in [0, 0.05) is 26.2 Å². The molecule has 3 aromatic carbocycles. The molecule has 12 heteroatoms. The fourth-order valence-corrected chi connectivity index (χ4v) is 23.7. The second-order valence-corrected chi connectivity index (χ2v) is 39.8. The number of benzene rings is 3. The first-order chi connectivity index (χ1) is 36.3. The van der Waals surface area contributed by atoms with Crippen LogP contribution < -0.4 is 15.1 Å². The highest BCUT2D eigenvalue weighted by Gasteiger charge is 2.51. The minimum absolute atomic E-state index is 0.0260. The van der Waals surface area contributed by atoms with Gasteiger partial charge in [0.25, 0.3) is 8.32 Å². The Hall–Kier alpha value is -3.44. The van der Waals surface area contributed by atoms with Crippen LogP contribution in [0.3, 0.4) is 0 Å². The van der Waals surface area contributed by atoms with E-state index in [0.717, 1.165) is 67.5 Å². The maximum absolute atomic E-state index is 7.87. The van der Waals surface area contributed by atoms with E-state index in [9.17, 15) is 0 Å². The number of hydrogen-bond donors (Lipinski definition) is 0. The Kier molecular flexibility index (Phi) is 24.5. The van der Waals surface area contributed by atoms with Crippen LogP contribution in [0.2, 0.25) is 41.3 Å². The number of rotatable bonds is 31. The van der Waals surface area contributed by atoms with Crippen LogP contribution in [-0.2, 0) is 34.1 Å². The summed E-state index contributed by atoms with van der Waals surface area (Å²) in [5, 5.41) is 2.56. The van der Waals surface area contributed by atoms with Gasteiger partial charge in [0.1, 0.15) is 17.7 Å². The first kappa shape index (κ1) is 64.4. The van der Waals surface area contributed by atoms with E-state index in [2.05, 4.69) is 175 Å². The summed E-state index contributed by atoms with van der Waals surface area (Å²) in [4.78, 5) is 4.95. The number of oxazole rings is 1. The third-order valence-electron chi connectivity index (χ3n) is 16.3. The molecule has 1 aliphatic heterocycles. The van der Waals surface area contributed by atoms with E-state index in [1.54, 1.807) is 20.5 Å². The maximum atomic E-state index is 7.87. The molecule has 1 saturated heterocycles. The van der Waals surface area contributed by atoms with E-state index in [1.165, 1.54) is 15.9 Å². The van der Waals surface area contributed by atoms with Crippen LogP contribution in [0.1, 0.15) is 165 Å². The number of nitrogens with zero attached hydrogens (tertiary/aromatic N) is 1. The predicted molar refractivity (Wildman–Crippen MR) is 328 cm³/mol. The first-order valence-corrected chi connectivity index (χ1v) is 36.6. The van der Waals surface area contributed by atoms with Crippen LogP contribution in [0.25, 0.3) is 6.08 Å². The van der Waals surface area contributed by atoms with Crippen LogP contribution in [0.4, 0.5) is 0 Å². The molecule has 0 aliphatic carbocycles. The summed E-state index contributed by atoms with van der Waals surface area (Å²) in [6.07, 6.45) is 10.3. The third kappa shape index (κ3) is 18.0. The quantitative estimate of drug-likeness (QED) is 0.0361. The Labute approximate surface area is 471 Å². The lowest BCUT2D eigenvalue weighted by molar-refractivity contribution is -0.0639. The molecule has 0 spiro atoms. The molecule has 0 unspecified atom stereocenters. The zero-order valence-corrected chi connectivity index (χ0v) is 54.1. The Morgan fingerprint density at radius 1 is 0.779 bits per heavy atom. The van der Waals surface area contributed by atoms with Gasteiger partial charge in [-0.2, -0.15) is 0 Å². The molecule has 0 bridgehead atoms. The second kappa shape index (κ2) is 29.3. The van der Waals surface area contributed by atoms with E-state index < -0.39 is 25.0 Å². The number of hydrogen-bond acceptors (Lipinski definition) is 9. The van der Waals surface area contributed by atoms with E-state index in [0.29, 0.717) is 48.1 Å². The highest BCUT2D eigenvalue weighted by atomic mass is 28.4. The van der Waals surface area contributed by atoms with E-state index >= 15 is 0 Å². The molecule has 8 atom stereocenters. The van der Waals surface area contributed by atoms with Crippen molar-refractivity contribution in [1.29, 1.82) is 0 Å². The van der Waals surface area contributed by atoms with Crippen molar-refractivity contribution in [2.75, 3.05) is 20.8 Å². The molecule has 5 rings (SSSR count). The van der Waals surface area contributed by atoms with Gasteiger partial charge in [0.15, 0.2) is 8.32 Å². The summed E-state index contributed by atoms with van der Waals surface area (Å²) >= 11 is 0. The highest BCUT2D eigenvalue weighted by molar-refractivity contribution is 6.99. The summed E-state index contributed by atoms with van der Waals surface area (Å²) in [6.45, 7) is 42.9. The molecular weight excluding hydrogens is 1010 g/mol. The molecule has 9 nitrogen and oxygen atoms in total. The molecule has 77 heavy (non-hydrogen) atoms. The lowest BCUT2D eigenvalue weighted by atomic mass is 9.87. The minimum atomic E-state index is -2.69. The zero-order chi connectivity index (χ0) is 56.7. The summed E-state index contributed by atoms with van der Waals surface area (Å²) in [6, 6.07) is 30.2. The summed E-state index contributed by atoms with van der Waals surface area (Å²) in [5.41, 5.74) is 5.60. The van der Waals surface area contributed by atoms with Crippen molar-refractivity contribution in [3.63, 3.8) is 0 Å². The molecule has 0 N–H and O–H groups in total. The van der Waals surface area contributed by atoms with Gasteiger partial charge in [-0.3, -0.25) is 0 Å². The average Bonchev–Trinajstić information content (AvgIpc) is 3.84. The molecule has 1 aromatic heterocycles. The van der Waals surface area contributed by atoms with Gasteiger partial charge in [-0.05, 0) is 146 Å². The van der Waals surface area contributed by atoms with Gasteiger partial charge in [0.2, 0.25) is 14.2 Å². The first-order valence-electron chi connectivity index (χ1n) is 29.1. The number of ether oxygens (including phenoxy) is 4. The van der Waals surface area contributed by atoms with Gasteiger partial charge >= 0.3 is 0 Å². The molecule has 4 aromatic rings. The topological polar surface area (TPSA) is 90.6 Å².